The second kappa shape index (κ2) is 10.3. The third-order valence-electron chi connectivity index (χ3n) is 9.34. The van der Waals surface area contributed by atoms with Crippen molar-refractivity contribution < 1.29 is 0 Å². The zero-order chi connectivity index (χ0) is 30.8. The van der Waals surface area contributed by atoms with Crippen LogP contribution in [0.4, 0.5) is 0 Å². The number of fused-ring (bicyclic) bond motifs is 6. The van der Waals surface area contributed by atoms with E-state index in [0.29, 0.717) is 0 Å². The Labute approximate surface area is 271 Å². The SMILES string of the molecule is CC1(C)c2ccccc2-c2nc(-c3ccc(-c4ccccn4)cc3)nc(-c3cccc(-c4cccc5c4sc4ccccc45)c3)c21. The molecule has 0 spiro atoms. The van der Waals surface area contributed by atoms with E-state index in [9.17, 15) is 0 Å². The molecule has 0 saturated carbocycles. The van der Waals surface area contributed by atoms with Gasteiger partial charge >= 0.3 is 0 Å². The number of rotatable bonds is 4. The summed E-state index contributed by atoms with van der Waals surface area (Å²) in [4.78, 5) is 15.2. The molecule has 0 atom stereocenters. The lowest BCUT2D eigenvalue weighted by atomic mass is 9.80. The van der Waals surface area contributed by atoms with Gasteiger partial charge in [-0.15, -0.1) is 11.3 Å². The molecule has 5 aromatic carbocycles. The lowest BCUT2D eigenvalue weighted by molar-refractivity contribution is 0.658. The molecule has 0 unspecified atom stereocenters. The van der Waals surface area contributed by atoms with E-state index in [1.54, 1.807) is 0 Å². The van der Waals surface area contributed by atoms with Crippen LogP contribution in [0.5, 0.6) is 0 Å². The molecule has 9 rings (SSSR count). The first-order valence-electron chi connectivity index (χ1n) is 15.6. The van der Waals surface area contributed by atoms with Crippen molar-refractivity contribution in [2.75, 3.05) is 0 Å². The summed E-state index contributed by atoms with van der Waals surface area (Å²) in [7, 11) is 0. The van der Waals surface area contributed by atoms with Crippen LogP contribution in [0.2, 0.25) is 0 Å². The van der Waals surface area contributed by atoms with Gasteiger partial charge in [0.15, 0.2) is 5.82 Å². The van der Waals surface area contributed by atoms with Crippen LogP contribution in [0.25, 0.3) is 76.5 Å². The van der Waals surface area contributed by atoms with Crippen molar-refractivity contribution in [3.05, 3.63) is 151 Å². The molecular formula is C42H29N3S. The smallest absolute Gasteiger partial charge is 0.160 e. The Morgan fingerprint density at radius 2 is 1.24 bits per heavy atom. The van der Waals surface area contributed by atoms with Crippen LogP contribution in [-0.4, -0.2) is 15.0 Å². The van der Waals surface area contributed by atoms with E-state index >= 15 is 0 Å². The van der Waals surface area contributed by atoms with Crippen molar-refractivity contribution in [2.24, 2.45) is 0 Å². The Morgan fingerprint density at radius 3 is 2.11 bits per heavy atom. The molecule has 0 radical (unpaired) electrons. The summed E-state index contributed by atoms with van der Waals surface area (Å²) in [5, 5.41) is 2.62. The highest BCUT2D eigenvalue weighted by Gasteiger charge is 2.40. The summed E-state index contributed by atoms with van der Waals surface area (Å²) in [5.41, 5.74) is 12.0. The van der Waals surface area contributed by atoms with E-state index in [4.69, 9.17) is 9.97 Å². The first-order valence-corrected chi connectivity index (χ1v) is 16.4. The van der Waals surface area contributed by atoms with Gasteiger partial charge in [0.1, 0.15) is 0 Å². The van der Waals surface area contributed by atoms with E-state index in [2.05, 4.69) is 134 Å². The van der Waals surface area contributed by atoms with Crippen molar-refractivity contribution in [1.29, 1.82) is 0 Å². The fourth-order valence-electron chi connectivity index (χ4n) is 7.09. The minimum absolute atomic E-state index is 0.246. The molecule has 1 aliphatic rings. The van der Waals surface area contributed by atoms with Crippen molar-refractivity contribution in [2.45, 2.75) is 19.3 Å². The molecule has 4 heteroatoms. The van der Waals surface area contributed by atoms with Gasteiger partial charge in [0.2, 0.25) is 0 Å². The lowest BCUT2D eigenvalue weighted by Gasteiger charge is -2.24. The van der Waals surface area contributed by atoms with Crippen molar-refractivity contribution >= 4 is 31.5 Å². The summed E-state index contributed by atoms with van der Waals surface area (Å²) >= 11 is 1.87. The van der Waals surface area contributed by atoms with Crippen molar-refractivity contribution in [1.82, 2.24) is 15.0 Å². The van der Waals surface area contributed by atoms with E-state index in [-0.39, 0.29) is 5.41 Å². The molecule has 218 valence electrons. The number of thiophene rings is 1. The largest absolute Gasteiger partial charge is 0.256 e. The van der Waals surface area contributed by atoms with Gasteiger partial charge in [0, 0.05) is 59.6 Å². The minimum Gasteiger partial charge on any atom is -0.256 e. The van der Waals surface area contributed by atoms with Crippen molar-refractivity contribution in [3.63, 3.8) is 0 Å². The van der Waals surface area contributed by atoms with Crippen LogP contribution >= 0.6 is 11.3 Å². The lowest BCUT2D eigenvalue weighted by Crippen LogP contribution is -2.17. The molecule has 0 N–H and O–H groups in total. The summed E-state index contributed by atoms with van der Waals surface area (Å²) in [5.74, 6) is 0.728. The molecular weight excluding hydrogens is 579 g/mol. The summed E-state index contributed by atoms with van der Waals surface area (Å²) in [6.07, 6.45) is 1.83. The fraction of sp³-hybridized carbons (Fsp3) is 0.0714. The Kier molecular flexibility index (Phi) is 6.02. The van der Waals surface area contributed by atoms with Crippen molar-refractivity contribution in [3.8, 4) is 56.3 Å². The van der Waals surface area contributed by atoms with E-state index in [1.165, 1.54) is 48.0 Å². The minimum atomic E-state index is -0.246. The van der Waals surface area contributed by atoms with E-state index in [0.717, 1.165) is 39.6 Å². The average molecular weight is 608 g/mol. The second-order valence-corrected chi connectivity index (χ2v) is 13.5. The van der Waals surface area contributed by atoms with Gasteiger partial charge in [0.25, 0.3) is 0 Å². The Bertz CT molecular complexity index is 2440. The monoisotopic (exact) mass is 607 g/mol. The van der Waals surface area contributed by atoms with Gasteiger partial charge in [-0.2, -0.15) is 0 Å². The summed E-state index contributed by atoms with van der Waals surface area (Å²) in [6, 6.07) is 47.4. The maximum atomic E-state index is 5.37. The molecule has 3 aromatic heterocycles. The van der Waals surface area contributed by atoms with Gasteiger partial charge in [0.05, 0.1) is 17.1 Å². The predicted octanol–water partition coefficient (Wildman–Crippen LogP) is 11.2. The molecule has 0 aliphatic heterocycles. The van der Waals surface area contributed by atoms with Gasteiger partial charge in [-0.25, -0.2) is 9.97 Å². The number of aromatic nitrogens is 3. The zero-order valence-corrected chi connectivity index (χ0v) is 26.3. The molecule has 0 saturated heterocycles. The normalized spacial score (nSPS) is 13.2. The van der Waals surface area contributed by atoms with E-state index < -0.39 is 0 Å². The van der Waals surface area contributed by atoms with Gasteiger partial charge < -0.3 is 0 Å². The Balaban J connectivity index is 1.24. The average Bonchev–Trinajstić information content (AvgIpc) is 3.61. The third kappa shape index (κ3) is 4.14. The number of benzene rings is 5. The van der Waals surface area contributed by atoms with Gasteiger partial charge in [-0.05, 0) is 41.0 Å². The van der Waals surface area contributed by atoms with Crippen LogP contribution in [-0.2, 0) is 5.41 Å². The maximum absolute atomic E-state index is 5.37. The van der Waals surface area contributed by atoms with Crippen LogP contribution in [0.3, 0.4) is 0 Å². The first kappa shape index (κ1) is 26.9. The topological polar surface area (TPSA) is 38.7 Å². The second-order valence-electron chi connectivity index (χ2n) is 12.4. The number of hydrogen-bond donors (Lipinski definition) is 0. The standard InChI is InChI=1S/C42H29N3S/c1-42(2)34-17-5-3-14-33(34)39-37(42)38(44-41(45-39)27-22-20-26(21-23-27)35-18-7-8-24-43-35)29-12-9-11-28(25-29)30-15-10-16-32-31-13-4-6-19-36(31)46-40(30)32/h3-25H,1-2H3. The van der Waals surface area contributed by atoms with E-state index in [1.807, 2.05) is 35.7 Å². The Morgan fingerprint density at radius 1 is 0.543 bits per heavy atom. The molecule has 8 aromatic rings. The maximum Gasteiger partial charge on any atom is 0.160 e. The Hall–Kier alpha value is -5.45. The predicted molar refractivity (Wildman–Crippen MR) is 192 cm³/mol. The van der Waals surface area contributed by atoms with Gasteiger partial charge in [-0.1, -0.05) is 123 Å². The summed E-state index contributed by atoms with van der Waals surface area (Å²) in [6.45, 7) is 4.60. The van der Waals surface area contributed by atoms with Crippen LogP contribution in [0.1, 0.15) is 25.0 Å². The fourth-order valence-corrected chi connectivity index (χ4v) is 8.33. The third-order valence-corrected chi connectivity index (χ3v) is 10.6. The molecule has 0 amide bonds. The molecule has 0 fully saturated rings. The number of nitrogens with zero attached hydrogens (tertiary/aromatic N) is 3. The highest BCUT2D eigenvalue weighted by molar-refractivity contribution is 7.26. The molecule has 46 heavy (non-hydrogen) atoms. The number of hydrogen-bond acceptors (Lipinski definition) is 4. The molecule has 0 bridgehead atoms. The van der Waals surface area contributed by atoms with Crippen LogP contribution in [0.15, 0.2) is 140 Å². The highest BCUT2D eigenvalue weighted by Crippen LogP contribution is 2.51. The van der Waals surface area contributed by atoms with Gasteiger partial charge in [-0.3, -0.25) is 4.98 Å². The number of pyridine rings is 1. The van der Waals surface area contributed by atoms with Crippen LogP contribution in [0, 0.1) is 0 Å². The zero-order valence-electron chi connectivity index (χ0n) is 25.5. The summed E-state index contributed by atoms with van der Waals surface area (Å²) < 4.78 is 2.63. The quantitative estimate of drug-likeness (QED) is 0.200. The van der Waals surface area contributed by atoms with Crippen LogP contribution < -0.4 is 0 Å². The first-order chi connectivity index (χ1) is 22.6. The molecule has 1 aliphatic carbocycles. The highest BCUT2D eigenvalue weighted by atomic mass is 32.1. The molecule has 3 heterocycles. The molecule has 3 nitrogen and oxygen atoms in total.